The van der Waals surface area contributed by atoms with Crippen molar-refractivity contribution in [2.24, 2.45) is 5.92 Å². The number of carbonyl (C=O) groups excluding carboxylic acids is 2. The number of nitrogens with zero attached hydrogens (tertiary/aromatic N) is 1. The van der Waals surface area contributed by atoms with E-state index in [-0.39, 0.29) is 36.1 Å². The zero-order valence-electron chi connectivity index (χ0n) is 17.0. The number of amides is 3. The molecular weight excluding hydrogens is 369 g/mol. The van der Waals surface area contributed by atoms with E-state index in [0.717, 1.165) is 11.1 Å². The molecule has 0 spiro atoms. The lowest BCUT2D eigenvalue weighted by Gasteiger charge is -2.37. The third kappa shape index (κ3) is 5.56. The zero-order valence-corrected chi connectivity index (χ0v) is 17.0. The summed E-state index contributed by atoms with van der Waals surface area (Å²) in [5.74, 6) is -0.654. The molecule has 0 radical (unpaired) electrons. The average Bonchev–Trinajstić information content (AvgIpc) is 2.72. The van der Waals surface area contributed by atoms with E-state index in [0.29, 0.717) is 31.6 Å². The van der Waals surface area contributed by atoms with Gasteiger partial charge in [-0.2, -0.15) is 0 Å². The predicted molar refractivity (Wildman–Crippen MR) is 111 cm³/mol. The molecule has 0 saturated carbocycles. The normalized spacial score (nSPS) is 18.9. The fraction of sp³-hybridized carbons (Fsp3) is 0.391. The van der Waals surface area contributed by atoms with Crippen molar-refractivity contribution in [3.05, 3.63) is 71.0 Å². The first kappa shape index (κ1) is 20.8. The number of piperidine rings is 1. The third-order valence-corrected chi connectivity index (χ3v) is 5.31. The summed E-state index contributed by atoms with van der Waals surface area (Å²) in [7, 11) is 0. The highest BCUT2D eigenvalue weighted by Gasteiger charge is 2.34. The van der Waals surface area contributed by atoms with Crippen molar-refractivity contribution in [1.82, 2.24) is 15.5 Å². The molecule has 0 aliphatic carbocycles. The van der Waals surface area contributed by atoms with Crippen LogP contribution < -0.4 is 10.6 Å². The topological polar surface area (TPSA) is 61.4 Å². The van der Waals surface area contributed by atoms with Gasteiger partial charge in [-0.05, 0) is 43.5 Å². The van der Waals surface area contributed by atoms with E-state index >= 15 is 0 Å². The highest BCUT2D eigenvalue weighted by molar-refractivity contribution is 5.81. The molecule has 2 aromatic carbocycles. The Morgan fingerprint density at radius 1 is 1.10 bits per heavy atom. The molecule has 0 bridgehead atoms. The number of hydrogen-bond donors (Lipinski definition) is 2. The number of hydrogen-bond acceptors (Lipinski definition) is 2. The molecule has 1 aliphatic heterocycles. The summed E-state index contributed by atoms with van der Waals surface area (Å²) in [4.78, 5) is 27.1. The van der Waals surface area contributed by atoms with Gasteiger partial charge in [-0.15, -0.1) is 0 Å². The minimum atomic E-state index is -0.323. The van der Waals surface area contributed by atoms with Crippen LogP contribution >= 0.6 is 0 Å². The van der Waals surface area contributed by atoms with Gasteiger partial charge in [0.2, 0.25) is 5.91 Å². The highest BCUT2D eigenvalue weighted by Crippen LogP contribution is 2.31. The number of aryl methyl sites for hydroxylation is 1. The Hall–Kier alpha value is -2.89. The number of nitrogens with one attached hydrogen (secondary N) is 2. The van der Waals surface area contributed by atoms with Crippen molar-refractivity contribution in [3.8, 4) is 0 Å². The number of urea groups is 1. The Morgan fingerprint density at radius 2 is 1.90 bits per heavy atom. The zero-order chi connectivity index (χ0) is 20.8. The van der Waals surface area contributed by atoms with Crippen LogP contribution in [0.5, 0.6) is 0 Å². The maximum absolute atomic E-state index is 13.4. The van der Waals surface area contributed by atoms with E-state index in [1.165, 1.54) is 12.1 Å². The number of benzene rings is 2. The Balaban J connectivity index is 1.72. The summed E-state index contributed by atoms with van der Waals surface area (Å²) < 4.78 is 13.4. The van der Waals surface area contributed by atoms with Gasteiger partial charge >= 0.3 is 6.03 Å². The molecule has 1 aliphatic rings. The summed E-state index contributed by atoms with van der Waals surface area (Å²) in [6, 6.07) is 14.3. The first-order valence-electron chi connectivity index (χ1n) is 10.1. The molecule has 6 heteroatoms. The summed E-state index contributed by atoms with van der Waals surface area (Å²) in [6.07, 6.45) is 0.675. The van der Waals surface area contributed by atoms with Gasteiger partial charge in [0.15, 0.2) is 0 Å². The highest BCUT2D eigenvalue weighted by atomic mass is 19.1. The molecule has 2 N–H and O–H groups in total. The Kier molecular flexibility index (Phi) is 6.86. The van der Waals surface area contributed by atoms with Gasteiger partial charge in [0.1, 0.15) is 5.82 Å². The monoisotopic (exact) mass is 397 g/mol. The van der Waals surface area contributed by atoms with Crippen LogP contribution in [-0.2, 0) is 11.3 Å². The third-order valence-electron chi connectivity index (χ3n) is 5.31. The Morgan fingerprint density at radius 3 is 2.62 bits per heavy atom. The second-order valence-corrected chi connectivity index (χ2v) is 7.63. The van der Waals surface area contributed by atoms with Crippen LogP contribution in [0.25, 0.3) is 0 Å². The van der Waals surface area contributed by atoms with Gasteiger partial charge in [-0.25, -0.2) is 9.18 Å². The van der Waals surface area contributed by atoms with Crippen molar-refractivity contribution in [1.29, 1.82) is 0 Å². The fourth-order valence-corrected chi connectivity index (χ4v) is 3.86. The molecule has 154 valence electrons. The quantitative estimate of drug-likeness (QED) is 0.810. The standard InChI is InChI=1S/C23H28FN3O2/c1-3-25-23(29)27-14-19(18-8-4-6-16(2)10-18)12-20(15-27)22(28)26-13-17-7-5-9-21(24)11-17/h4-11,19-20H,3,12-15H2,1-2H3,(H,25,29)(H,26,28). The molecule has 3 rings (SSSR count). The first-order chi connectivity index (χ1) is 14.0. The minimum Gasteiger partial charge on any atom is -0.352 e. The summed E-state index contributed by atoms with van der Waals surface area (Å²) in [6.45, 7) is 5.69. The van der Waals surface area contributed by atoms with Gasteiger partial charge in [-0.3, -0.25) is 4.79 Å². The van der Waals surface area contributed by atoms with Gasteiger partial charge in [0.05, 0.1) is 5.92 Å². The molecular formula is C23H28FN3O2. The van der Waals surface area contributed by atoms with E-state index in [1.54, 1.807) is 17.0 Å². The van der Waals surface area contributed by atoms with Crippen LogP contribution in [0.2, 0.25) is 0 Å². The van der Waals surface area contributed by atoms with E-state index in [9.17, 15) is 14.0 Å². The number of carbonyl (C=O) groups is 2. The molecule has 2 unspecified atom stereocenters. The van der Waals surface area contributed by atoms with Crippen LogP contribution in [0, 0.1) is 18.7 Å². The van der Waals surface area contributed by atoms with Crippen molar-refractivity contribution in [2.75, 3.05) is 19.6 Å². The van der Waals surface area contributed by atoms with Gasteiger partial charge in [-0.1, -0.05) is 42.0 Å². The van der Waals surface area contributed by atoms with Crippen LogP contribution in [0.3, 0.4) is 0 Å². The molecule has 1 saturated heterocycles. The number of halogens is 1. The SMILES string of the molecule is CCNC(=O)N1CC(C(=O)NCc2cccc(F)c2)CC(c2cccc(C)c2)C1. The largest absolute Gasteiger partial charge is 0.352 e. The van der Waals surface area contributed by atoms with E-state index in [1.807, 2.05) is 26.0 Å². The van der Waals surface area contributed by atoms with Crippen molar-refractivity contribution < 1.29 is 14.0 Å². The predicted octanol–water partition coefficient (Wildman–Crippen LogP) is 3.59. The van der Waals surface area contributed by atoms with Crippen molar-refractivity contribution in [3.63, 3.8) is 0 Å². The second kappa shape index (κ2) is 9.54. The second-order valence-electron chi connectivity index (χ2n) is 7.63. The molecule has 3 amide bonds. The van der Waals surface area contributed by atoms with Crippen LogP contribution in [0.4, 0.5) is 9.18 Å². The number of likely N-dealkylation sites (tertiary alicyclic amines) is 1. The molecule has 5 nitrogen and oxygen atoms in total. The fourth-order valence-electron chi connectivity index (χ4n) is 3.86. The van der Waals surface area contributed by atoms with Crippen molar-refractivity contribution >= 4 is 11.9 Å². The Bertz CT molecular complexity index is 871. The average molecular weight is 397 g/mol. The summed E-state index contributed by atoms with van der Waals surface area (Å²) in [5.41, 5.74) is 3.01. The molecule has 0 aromatic heterocycles. The van der Waals surface area contributed by atoms with Gasteiger partial charge < -0.3 is 15.5 Å². The van der Waals surface area contributed by atoms with E-state index in [2.05, 4.69) is 22.8 Å². The first-order valence-corrected chi connectivity index (χ1v) is 10.1. The van der Waals surface area contributed by atoms with Gasteiger partial charge in [0, 0.05) is 32.1 Å². The molecule has 2 aromatic rings. The van der Waals surface area contributed by atoms with Crippen LogP contribution in [-0.4, -0.2) is 36.5 Å². The van der Waals surface area contributed by atoms with Crippen LogP contribution in [0.1, 0.15) is 36.0 Å². The van der Waals surface area contributed by atoms with Crippen molar-refractivity contribution in [2.45, 2.75) is 32.7 Å². The Labute approximate surface area is 171 Å². The maximum atomic E-state index is 13.4. The van der Waals surface area contributed by atoms with E-state index in [4.69, 9.17) is 0 Å². The minimum absolute atomic E-state index is 0.0937. The molecule has 1 fully saturated rings. The molecule has 1 heterocycles. The lowest BCUT2D eigenvalue weighted by Crippen LogP contribution is -2.51. The summed E-state index contributed by atoms with van der Waals surface area (Å²) >= 11 is 0. The van der Waals surface area contributed by atoms with Crippen LogP contribution in [0.15, 0.2) is 48.5 Å². The molecule has 29 heavy (non-hydrogen) atoms. The lowest BCUT2D eigenvalue weighted by molar-refractivity contribution is -0.126. The van der Waals surface area contributed by atoms with E-state index < -0.39 is 0 Å². The summed E-state index contributed by atoms with van der Waals surface area (Å²) in [5, 5.41) is 5.74. The maximum Gasteiger partial charge on any atom is 0.317 e. The smallest absolute Gasteiger partial charge is 0.317 e. The molecule has 2 atom stereocenters. The number of rotatable bonds is 5. The lowest BCUT2D eigenvalue weighted by atomic mass is 9.83. The van der Waals surface area contributed by atoms with Gasteiger partial charge in [0.25, 0.3) is 0 Å².